The highest BCUT2D eigenvalue weighted by molar-refractivity contribution is 6.30. The number of aromatic nitrogens is 5. The van der Waals surface area contributed by atoms with Crippen LogP contribution >= 0.6 is 11.6 Å². The van der Waals surface area contributed by atoms with Gasteiger partial charge in [-0.25, -0.2) is 4.98 Å². The van der Waals surface area contributed by atoms with Gasteiger partial charge in [-0.05, 0) is 36.4 Å². The summed E-state index contributed by atoms with van der Waals surface area (Å²) in [6.07, 6.45) is 1.33. The summed E-state index contributed by atoms with van der Waals surface area (Å²) in [4.78, 5) is 31.1. The van der Waals surface area contributed by atoms with Gasteiger partial charge in [-0.2, -0.15) is 4.68 Å². The Bertz CT molecular complexity index is 1200. The van der Waals surface area contributed by atoms with Crippen molar-refractivity contribution in [3.05, 3.63) is 76.3 Å². The molecular weight excluding hydrogens is 380 g/mol. The third kappa shape index (κ3) is 3.25. The number of para-hydroxylation sites is 1. The second-order valence-electron chi connectivity index (χ2n) is 6.12. The zero-order valence-corrected chi connectivity index (χ0v) is 15.6. The summed E-state index contributed by atoms with van der Waals surface area (Å²) in [5.74, 6) is -0.250. The number of anilines is 1. The van der Waals surface area contributed by atoms with E-state index in [9.17, 15) is 9.59 Å². The molecule has 0 aliphatic carbocycles. The number of amides is 1. The average molecular weight is 395 g/mol. The van der Waals surface area contributed by atoms with Crippen molar-refractivity contribution in [3.63, 3.8) is 0 Å². The van der Waals surface area contributed by atoms with Gasteiger partial charge < -0.3 is 4.90 Å². The lowest BCUT2D eigenvalue weighted by atomic mass is 10.3. The van der Waals surface area contributed by atoms with Crippen molar-refractivity contribution < 1.29 is 4.79 Å². The second-order valence-corrected chi connectivity index (χ2v) is 6.55. The maximum atomic E-state index is 12.7. The molecule has 140 valence electrons. The Balaban J connectivity index is 1.65. The van der Waals surface area contributed by atoms with E-state index in [1.165, 1.54) is 20.5 Å². The minimum absolute atomic E-state index is 0.0904. The minimum atomic E-state index is -0.431. The molecule has 0 aliphatic heterocycles. The van der Waals surface area contributed by atoms with Gasteiger partial charge in [0.2, 0.25) is 5.91 Å². The van der Waals surface area contributed by atoms with Gasteiger partial charge in [0.1, 0.15) is 12.9 Å². The van der Waals surface area contributed by atoms with E-state index in [1.807, 2.05) is 30.3 Å². The van der Waals surface area contributed by atoms with Crippen LogP contribution in [0.3, 0.4) is 0 Å². The number of rotatable bonds is 4. The van der Waals surface area contributed by atoms with Crippen molar-refractivity contribution in [2.24, 2.45) is 0 Å². The molecule has 0 saturated heterocycles. The molecule has 8 nitrogen and oxygen atoms in total. The molecular formula is C19H15ClN6O2. The number of benzene rings is 2. The van der Waals surface area contributed by atoms with E-state index in [4.69, 9.17) is 11.6 Å². The molecule has 0 saturated carbocycles. The Morgan fingerprint density at radius 3 is 2.54 bits per heavy atom. The minimum Gasteiger partial charge on any atom is -0.314 e. The summed E-state index contributed by atoms with van der Waals surface area (Å²) in [6.45, 7) is -0.152. The first-order valence-electron chi connectivity index (χ1n) is 8.43. The molecule has 9 heteroatoms. The fraction of sp³-hybridized carbons (Fsp3) is 0.105. The van der Waals surface area contributed by atoms with E-state index in [1.54, 1.807) is 31.3 Å². The van der Waals surface area contributed by atoms with Gasteiger partial charge in [0.05, 0.1) is 5.69 Å². The SMILES string of the molecule is CN(C(=O)Cn1cnc2c(nnn2-c2ccc(Cl)cc2)c1=O)c1ccccc1. The van der Waals surface area contributed by atoms with Crippen molar-refractivity contribution in [2.75, 3.05) is 11.9 Å². The van der Waals surface area contributed by atoms with Crippen LogP contribution in [0.1, 0.15) is 0 Å². The van der Waals surface area contributed by atoms with Gasteiger partial charge in [-0.1, -0.05) is 35.0 Å². The Labute approximate surface area is 164 Å². The maximum absolute atomic E-state index is 12.7. The van der Waals surface area contributed by atoms with Crippen molar-refractivity contribution in [1.29, 1.82) is 0 Å². The van der Waals surface area contributed by atoms with E-state index in [0.29, 0.717) is 16.4 Å². The normalized spacial score (nSPS) is 10.9. The third-order valence-corrected chi connectivity index (χ3v) is 4.58. The fourth-order valence-electron chi connectivity index (χ4n) is 2.76. The van der Waals surface area contributed by atoms with Gasteiger partial charge in [-0.15, -0.1) is 5.10 Å². The summed E-state index contributed by atoms with van der Waals surface area (Å²) in [7, 11) is 1.66. The molecule has 0 bridgehead atoms. The molecule has 0 fully saturated rings. The average Bonchev–Trinajstić information content (AvgIpc) is 3.15. The summed E-state index contributed by atoms with van der Waals surface area (Å²) in [5.41, 5.74) is 1.39. The van der Waals surface area contributed by atoms with Crippen molar-refractivity contribution in [3.8, 4) is 5.69 Å². The number of fused-ring (bicyclic) bond motifs is 1. The van der Waals surface area contributed by atoms with Gasteiger partial charge in [0, 0.05) is 17.8 Å². The second kappa shape index (κ2) is 7.24. The van der Waals surface area contributed by atoms with Crippen molar-refractivity contribution >= 4 is 34.4 Å². The highest BCUT2D eigenvalue weighted by Gasteiger charge is 2.17. The first kappa shape index (κ1) is 17.9. The Kier molecular flexibility index (Phi) is 4.62. The molecule has 1 amide bonds. The molecule has 0 N–H and O–H groups in total. The Morgan fingerprint density at radius 1 is 1.11 bits per heavy atom. The van der Waals surface area contributed by atoms with E-state index in [2.05, 4.69) is 15.3 Å². The molecule has 2 heterocycles. The summed E-state index contributed by atoms with van der Waals surface area (Å²) in [5, 5.41) is 8.55. The third-order valence-electron chi connectivity index (χ3n) is 4.32. The van der Waals surface area contributed by atoms with E-state index >= 15 is 0 Å². The van der Waals surface area contributed by atoms with Crippen LogP contribution in [0.15, 0.2) is 65.7 Å². The van der Waals surface area contributed by atoms with Crippen LogP contribution < -0.4 is 10.5 Å². The zero-order chi connectivity index (χ0) is 19.7. The summed E-state index contributed by atoms with van der Waals surface area (Å²) >= 11 is 5.91. The number of hydrogen-bond donors (Lipinski definition) is 0. The summed E-state index contributed by atoms with van der Waals surface area (Å²) < 4.78 is 2.68. The topological polar surface area (TPSA) is 85.9 Å². The van der Waals surface area contributed by atoms with Crippen LogP contribution in [-0.2, 0) is 11.3 Å². The number of carbonyl (C=O) groups is 1. The number of likely N-dealkylation sites (N-methyl/N-ethyl adjacent to an activating group) is 1. The van der Waals surface area contributed by atoms with E-state index in [-0.39, 0.29) is 18.0 Å². The number of nitrogens with zero attached hydrogens (tertiary/aromatic N) is 6. The predicted octanol–water partition coefficient (Wildman–Crippen LogP) is 2.29. The van der Waals surface area contributed by atoms with E-state index in [0.717, 1.165) is 5.69 Å². The van der Waals surface area contributed by atoms with E-state index < -0.39 is 5.56 Å². The first-order chi connectivity index (χ1) is 13.5. The quantitative estimate of drug-likeness (QED) is 0.530. The molecule has 28 heavy (non-hydrogen) atoms. The Morgan fingerprint density at radius 2 is 1.82 bits per heavy atom. The molecule has 4 rings (SSSR count). The highest BCUT2D eigenvalue weighted by Crippen LogP contribution is 2.15. The zero-order valence-electron chi connectivity index (χ0n) is 14.9. The molecule has 2 aromatic carbocycles. The maximum Gasteiger partial charge on any atom is 0.284 e. The highest BCUT2D eigenvalue weighted by atomic mass is 35.5. The van der Waals surface area contributed by atoms with Gasteiger partial charge in [0.25, 0.3) is 5.56 Å². The molecule has 0 spiro atoms. The molecule has 0 atom stereocenters. The van der Waals surface area contributed by atoms with Crippen LogP contribution in [-0.4, -0.2) is 37.5 Å². The van der Waals surface area contributed by atoms with Crippen LogP contribution in [0.5, 0.6) is 0 Å². The van der Waals surface area contributed by atoms with Crippen LogP contribution in [0.4, 0.5) is 5.69 Å². The van der Waals surface area contributed by atoms with Gasteiger partial charge in [0.15, 0.2) is 11.2 Å². The van der Waals surface area contributed by atoms with Crippen molar-refractivity contribution in [1.82, 2.24) is 24.5 Å². The van der Waals surface area contributed by atoms with Gasteiger partial charge >= 0.3 is 0 Å². The van der Waals surface area contributed by atoms with Crippen molar-refractivity contribution in [2.45, 2.75) is 6.54 Å². The van der Waals surface area contributed by atoms with Crippen LogP contribution in [0.2, 0.25) is 5.02 Å². The largest absolute Gasteiger partial charge is 0.314 e. The lowest BCUT2D eigenvalue weighted by molar-refractivity contribution is -0.118. The van der Waals surface area contributed by atoms with Gasteiger partial charge in [-0.3, -0.25) is 14.2 Å². The number of hydrogen-bond acceptors (Lipinski definition) is 5. The predicted molar refractivity (Wildman–Crippen MR) is 106 cm³/mol. The fourth-order valence-corrected chi connectivity index (χ4v) is 2.89. The molecule has 0 aliphatic rings. The molecule has 0 unspecified atom stereocenters. The summed E-state index contributed by atoms with van der Waals surface area (Å²) in [6, 6.07) is 16.1. The molecule has 4 aromatic rings. The first-order valence-corrected chi connectivity index (χ1v) is 8.81. The number of halogens is 1. The smallest absolute Gasteiger partial charge is 0.284 e. The number of carbonyl (C=O) groups excluding carboxylic acids is 1. The lowest BCUT2D eigenvalue weighted by Gasteiger charge is -2.17. The molecule has 2 aromatic heterocycles. The van der Waals surface area contributed by atoms with Crippen LogP contribution in [0, 0.1) is 0 Å². The molecule has 0 radical (unpaired) electrons. The monoisotopic (exact) mass is 394 g/mol. The lowest BCUT2D eigenvalue weighted by Crippen LogP contribution is -2.34. The standard InChI is InChI=1S/C19H15ClN6O2/c1-24(14-5-3-2-4-6-14)16(27)11-25-12-21-18-17(19(25)28)22-23-26(18)15-9-7-13(20)8-10-15/h2-10,12H,11H2,1H3. The Hall–Kier alpha value is -3.52. The van der Waals surface area contributed by atoms with Crippen LogP contribution in [0.25, 0.3) is 16.9 Å².